The van der Waals surface area contributed by atoms with Crippen molar-refractivity contribution in [1.82, 2.24) is 20.4 Å². The van der Waals surface area contributed by atoms with E-state index in [1.54, 1.807) is 31.2 Å². The number of nitrogens with one attached hydrogen (secondary N) is 2. The summed E-state index contributed by atoms with van der Waals surface area (Å²) in [5.41, 5.74) is 0.313. The number of aromatic hydroxyl groups is 1. The molecule has 8 heteroatoms. The summed E-state index contributed by atoms with van der Waals surface area (Å²) in [4.78, 5) is 41.6. The molecule has 0 heterocycles. The van der Waals surface area contributed by atoms with Crippen molar-refractivity contribution in [2.75, 3.05) is 47.3 Å². The summed E-state index contributed by atoms with van der Waals surface area (Å²) < 4.78 is 0. The number of amides is 1. The predicted octanol–water partition coefficient (Wildman–Crippen LogP) is 3.03. The molecule has 1 aromatic rings. The highest BCUT2D eigenvalue weighted by molar-refractivity contribution is 5.93. The van der Waals surface area contributed by atoms with Gasteiger partial charge in [-0.1, -0.05) is 39.3 Å². The van der Waals surface area contributed by atoms with Gasteiger partial charge in [0.15, 0.2) is 5.78 Å². The lowest BCUT2D eigenvalue weighted by Gasteiger charge is -2.26. The monoisotopic (exact) mass is 518 g/mol. The molecule has 2 atom stereocenters. The number of benzene rings is 1. The Morgan fingerprint density at radius 3 is 1.95 bits per heavy atom. The van der Waals surface area contributed by atoms with Crippen molar-refractivity contribution in [3.05, 3.63) is 29.8 Å². The third-order valence-corrected chi connectivity index (χ3v) is 6.63. The lowest BCUT2D eigenvalue weighted by molar-refractivity contribution is -0.132. The highest BCUT2D eigenvalue weighted by Gasteiger charge is 2.31. The number of Topliss-reactive ketones (excluding diaryl/α,β-unsaturated/α-hetero) is 2. The van der Waals surface area contributed by atoms with E-state index < -0.39 is 11.5 Å². The van der Waals surface area contributed by atoms with Gasteiger partial charge < -0.3 is 20.6 Å². The van der Waals surface area contributed by atoms with Crippen LogP contribution in [0.5, 0.6) is 5.75 Å². The Morgan fingerprint density at radius 1 is 0.892 bits per heavy atom. The molecule has 0 saturated heterocycles. The molecule has 0 spiro atoms. The van der Waals surface area contributed by atoms with Crippen molar-refractivity contribution in [3.8, 4) is 5.75 Å². The fourth-order valence-corrected chi connectivity index (χ4v) is 4.32. The maximum Gasteiger partial charge on any atom is 0.234 e. The van der Waals surface area contributed by atoms with Gasteiger partial charge >= 0.3 is 0 Å². The molecule has 1 amide bonds. The summed E-state index contributed by atoms with van der Waals surface area (Å²) >= 11 is 0. The van der Waals surface area contributed by atoms with Crippen LogP contribution in [0.15, 0.2) is 24.3 Å². The fraction of sp³-hybridized carbons (Fsp3) is 0.690. The van der Waals surface area contributed by atoms with Crippen molar-refractivity contribution in [2.45, 2.75) is 78.3 Å². The number of unbranched alkanes of at least 4 members (excludes halogenated alkanes) is 2. The standard InChI is InChI=1S/C29H50N4O4/c1-22(34)25(30-5)12-8-9-17-32(6)18-10-11-19-33(7)21-27(36)31-26(28(37)29(2,3)4)20-23-13-15-24(35)16-14-23/h13-16,25-26,30,35H,8-12,17-21H2,1-7H3,(H,31,36)/t25?,26-/m0/s1. The second-order valence-electron chi connectivity index (χ2n) is 11.3. The van der Waals surface area contributed by atoms with Gasteiger partial charge in [-0.25, -0.2) is 0 Å². The van der Waals surface area contributed by atoms with Crippen LogP contribution in [0.2, 0.25) is 0 Å². The first kappa shape index (κ1) is 32.7. The fourth-order valence-electron chi connectivity index (χ4n) is 4.32. The first-order chi connectivity index (χ1) is 17.3. The van der Waals surface area contributed by atoms with Crippen LogP contribution in [-0.4, -0.2) is 91.8 Å². The minimum atomic E-state index is -0.613. The number of likely N-dealkylation sites (N-methyl/N-ethyl adjacent to an activating group) is 2. The van der Waals surface area contributed by atoms with E-state index in [4.69, 9.17) is 0 Å². The molecule has 0 aliphatic rings. The Bertz CT molecular complexity index is 835. The molecule has 1 aromatic carbocycles. The topological polar surface area (TPSA) is 102 Å². The van der Waals surface area contributed by atoms with E-state index in [1.165, 1.54) is 0 Å². The molecular formula is C29H50N4O4. The number of carbonyl (C=O) groups excluding carboxylic acids is 3. The average Bonchev–Trinajstić information content (AvgIpc) is 2.81. The molecule has 1 rings (SSSR count). The van der Waals surface area contributed by atoms with Crippen LogP contribution >= 0.6 is 0 Å². The summed E-state index contributed by atoms with van der Waals surface area (Å²) in [6.07, 6.45) is 5.39. The predicted molar refractivity (Wildman–Crippen MR) is 150 cm³/mol. The lowest BCUT2D eigenvalue weighted by Crippen LogP contribution is -2.49. The lowest BCUT2D eigenvalue weighted by atomic mass is 9.84. The molecule has 210 valence electrons. The number of carbonyl (C=O) groups is 3. The molecule has 0 aliphatic carbocycles. The average molecular weight is 519 g/mol. The Balaban J connectivity index is 2.39. The minimum absolute atomic E-state index is 0.0117. The Hall–Kier alpha value is -2.29. The van der Waals surface area contributed by atoms with Crippen molar-refractivity contribution < 1.29 is 19.5 Å². The number of ketones is 2. The Labute approximate surface area is 224 Å². The van der Waals surface area contributed by atoms with Gasteiger partial charge in [0.05, 0.1) is 18.6 Å². The van der Waals surface area contributed by atoms with Crippen molar-refractivity contribution in [2.24, 2.45) is 5.41 Å². The SMILES string of the molecule is CNC(CCCCN(C)CCCCN(C)CC(=O)N[C@@H](Cc1ccc(O)cc1)C(=O)C(C)(C)C)C(C)=O. The summed E-state index contributed by atoms with van der Waals surface area (Å²) in [5, 5.41) is 15.5. The second-order valence-corrected chi connectivity index (χ2v) is 11.3. The van der Waals surface area contributed by atoms with Crippen LogP contribution < -0.4 is 10.6 Å². The van der Waals surface area contributed by atoms with Gasteiger partial charge in [-0.3, -0.25) is 19.3 Å². The van der Waals surface area contributed by atoms with E-state index in [9.17, 15) is 19.5 Å². The molecule has 8 nitrogen and oxygen atoms in total. The molecule has 1 unspecified atom stereocenters. The van der Waals surface area contributed by atoms with E-state index in [0.29, 0.717) is 6.42 Å². The van der Waals surface area contributed by atoms with Gasteiger partial charge in [0, 0.05) is 5.41 Å². The highest BCUT2D eigenvalue weighted by atomic mass is 16.3. The van der Waals surface area contributed by atoms with Crippen LogP contribution in [0.25, 0.3) is 0 Å². The van der Waals surface area contributed by atoms with Crippen LogP contribution in [0.4, 0.5) is 0 Å². The third kappa shape index (κ3) is 13.7. The maximum absolute atomic E-state index is 13.0. The van der Waals surface area contributed by atoms with E-state index in [2.05, 4.69) is 22.6 Å². The molecule has 0 bridgehead atoms. The largest absolute Gasteiger partial charge is 0.508 e. The van der Waals surface area contributed by atoms with Gasteiger partial charge in [0.25, 0.3) is 0 Å². The third-order valence-electron chi connectivity index (χ3n) is 6.63. The number of phenolic OH excluding ortho intramolecular Hbond substituents is 1. The van der Waals surface area contributed by atoms with Crippen LogP contribution in [0.1, 0.15) is 65.4 Å². The van der Waals surface area contributed by atoms with Gasteiger partial charge in [0.2, 0.25) is 5.91 Å². The van der Waals surface area contributed by atoms with Gasteiger partial charge in [-0.2, -0.15) is 0 Å². The number of nitrogens with zero attached hydrogens (tertiary/aromatic N) is 2. The van der Waals surface area contributed by atoms with Gasteiger partial charge in [0.1, 0.15) is 11.5 Å². The molecule has 0 saturated carbocycles. The van der Waals surface area contributed by atoms with Crippen LogP contribution in [-0.2, 0) is 20.8 Å². The number of hydrogen-bond acceptors (Lipinski definition) is 7. The van der Waals surface area contributed by atoms with Crippen molar-refractivity contribution in [3.63, 3.8) is 0 Å². The number of phenols is 1. The summed E-state index contributed by atoms with van der Waals surface area (Å²) in [7, 11) is 5.88. The molecule has 37 heavy (non-hydrogen) atoms. The molecule has 3 N–H and O–H groups in total. The molecule has 0 aliphatic heterocycles. The first-order valence-corrected chi connectivity index (χ1v) is 13.5. The smallest absolute Gasteiger partial charge is 0.234 e. The summed E-state index contributed by atoms with van der Waals surface area (Å²) in [5.74, 6) is 0.197. The zero-order valence-electron chi connectivity index (χ0n) is 24.1. The van der Waals surface area contributed by atoms with Gasteiger partial charge in [-0.05, 0) is 97.5 Å². The first-order valence-electron chi connectivity index (χ1n) is 13.5. The van der Waals surface area contributed by atoms with E-state index in [0.717, 1.165) is 57.3 Å². The number of hydrogen-bond donors (Lipinski definition) is 3. The minimum Gasteiger partial charge on any atom is -0.508 e. The zero-order valence-corrected chi connectivity index (χ0v) is 24.1. The Kier molecular flexibility index (Phi) is 14.6. The quantitative estimate of drug-likeness (QED) is 0.257. The molecular weight excluding hydrogens is 468 g/mol. The Morgan fingerprint density at radius 2 is 1.43 bits per heavy atom. The highest BCUT2D eigenvalue weighted by Crippen LogP contribution is 2.20. The number of rotatable bonds is 18. The van der Waals surface area contributed by atoms with Crippen molar-refractivity contribution >= 4 is 17.5 Å². The molecule has 0 radical (unpaired) electrons. The van der Waals surface area contributed by atoms with Crippen LogP contribution in [0.3, 0.4) is 0 Å². The zero-order chi connectivity index (χ0) is 28.0. The van der Waals surface area contributed by atoms with Gasteiger partial charge in [-0.15, -0.1) is 0 Å². The van der Waals surface area contributed by atoms with Crippen molar-refractivity contribution in [1.29, 1.82) is 0 Å². The normalized spacial score (nSPS) is 13.5. The summed E-state index contributed by atoms with van der Waals surface area (Å²) in [6, 6.07) is 6.09. The molecule has 0 fully saturated rings. The maximum atomic E-state index is 13.0. The second kappa shape index (κ2) is 16.5. The van der Waals surface area contributed by atoms with E-state index in [-0.39, 0.29) is 35.8 Å². The summed E-state index contributed by atoms with van der Waals surface area (Å²) in [6.45, 7) is 10.3. The van der Waals surface area contributed by atoms with Crippen LogP contribution in [0, 0.1) is 5.41 Å². The van der Waals surface area contributed by atoms with E-state index in [1.807, 2.05) is 39.8 Å². The van der Waals surface area contributed by atoms with E-state index >= 15 is 0 Å². The molecule has 0 aromatic heterocycles.